The van der Waals surface area contributed by atoms with Crippen molar-refractivity contribution in [2.75, 3.05) is 4.90 Å². The maximum Gasteiger partial charge on any atom is 0.159 e. The molecular formula is C46H29NO. The first kappa shape index (κ1) is 26.8. The Balaban J connectivity index is 1.30. The highest BCUT2D eigenvalue weighted by molar-refractivity contribution is 6.19. The van der Waals surface area contributed by atoms with Gasteiger partial charge in [-0.15, -0.1) is 0 Å². The molecule has 0 unspecified atom stereocenters. The number of furan rings is 1. The van der Waals surface area contributed by atoms with Crippen LogP contribution in [0.2, 0.25) is 0 Å². The van der Waals surface area contributed by atoms with E-state index in [9.17, 15) is 0 Å². The van der Waals surface area contributed by atoms with Gasteiger partial charge >= 0.3 is 0 Å². The largest absolute Gasteiger partial charge is 0.453 e. The van der Waals surface area contributed by atoms with Gasteiger partial charge in [0.25, 0.3) is 0 Å². The third-order valence-electron chi connectivity index (χ3n) is 9.80. The molecule has 0 atom stereocenters. The lowest BCUT2D eigenvalue weighted by molar-refractivity contribution is 0.673. The van der Waals surface area contributed by atoms with Crippen molar-refractivity contribution in [2.45, 2.75) is 0 Å². The van der Waals surface area contributed by atoms with Gasteiger partial charge in [0.15, 0.2) is 5.58 Å². The maximum absolute atomic E-state index is 6.94. The first-order valence-corrected chi connectivity index (χ1v) is 16.4. The number of fused-ring (bicyclic) bond motifs is 9. The average molecular weight is 612 g/mol. The number of rotatable bonds is 4. The Morgan fingerprint density at radius 1 is 0.312 bits per heavy atom. The van der Waals surface area contributed by atoms with E-state index < -0.39 is 0 Å². The second-order valence-electron chi connectivity index (χ2n) is 12.5. The van der Waals surface area contributed by atoms with Crippen LogP contribution in [0.1, 0.15) is 0 Å². The van der Waals surface area contributed by atoms with E-state index in [-0.39, 0.29) is 0 Å². The van der Waals surface area contributed by atoms with Crippen LogP contribution >= 0.6 is 0 Å². The van der Waals surface area contributed by atoms with Crippen LogP contribution in [0.25, 0.3) is 76.2 Å². The van der Waals surface area contributed by atoms with Gasteiger partial charge in [-0.25, -0.2) is 0 Å². The Morgan fingerprint density at radius 2 is 0.917 bits per heavy atom. The minimum atomic E-state index is 0.871. The molecule has 9 aromatic carbocycles. The summed E-state index contributed by atoms with van der Waals surface area (Å²) in [7, 11) is 0. The molecule has 0 aliphatic heterocycles. The molecular weight excluding hydrogens is 583 g/mol. The zero-order chi connectivity index (χ0) is 31.6. The SMILES string of the molecule is c1ccc(N(c2ccc3ccccc3c2)c2cccc3c2oc2c4ccccc4ccc32)c(-c2cc3ccccc3c3ccccc23)c1. The van der Waals surface area contributed by atoms with Gasteiger partial charge in [-0.05, 0) is 79.7 Å². The number of benzene rings is 9. The number of nitrogens with zero attached hydrogens (tertiary/aromatic N) is 1. The van der Waals surface area contributed by atoms with Crippen molar-refractivity contribution >= 4 is 82.1 Å². The van der Waals surface area contributed by atoms with E-state index in [0.29, 0.717) is 0 Å². The fourth-order valence-corrected chi connectivity index (χ4v) is 7.58. The zero-order valence-corrected chi connectivity index (χ0v) is 26.1. The second-order valence-corrected chi connectivity index (χ2v) is 12.5. The number of hydrogen-bond donors (Lipinski definition) is 0. The van der Waals surface area contributed by atoms with Crippen LogP contribution in [0.4, 0.5) is 17.1 Å². The van der Waals surface area contributed by atoms with E-state index in [1.165, 1.54) is 43.3 Å². The normalized spacial score (nSPS) is 11.8. The molecule has 0 bridgehead atoms. The van der Waals surface area contributed by atoms with Crippen molar-refractivity contribution in [1.29, 1.82) is 0 Å². The van der Waals surface area contributed by atoms with E-state index in [2.05, 4.69) is 181 Å². The third kappa shape index (κ3) is 4.06. The van der Waals surface area contributed by atoms with Gasteiger partial charge in [0.2, 0.25) is 0 Å². The van der Waals surface area contributed by atoms with Crippen molar-refractivity contribution in [3.8, 4) is 11.1 Å². The Morgan fingerprint density at radius 3 is 1.79 bits per heavy atom. The highest BCUT2D eigenvalue weighted by Gasteiger charge is 2.23. The molecule has 0 spiro atoms. The first-order valence-electron chi connectivity index (χ1n) is 16.4. The van der Waals surface area contributed by atoms with Crippen molar-refractivity contribution in [1.82, 2.24) is 0 Å². The van der Waals surface area contributed by atoms with E-state index in [4.69, 9.17) is 4.42 Å². The quantitative estimate of drug-likeness (QED) is 0.184. The Labute approximate surface area is 277 Å². The fraction of sp³-hybridized carbons (Fsp3) is 0. The molecule has 0 aliphatic carbocycles. The van der Waals surface area contributed by atoms with E-state index in [0.717, 1.165) is 50.0 Å². The molecule has 0 N–H and O–H groups in total. The number of hydrogen-bond acceptors (Lipinski definition) is 2. The third-order valence-corrected chi connectivity index (χ3v) is 9.80. The van der Waals surface area contributed by atoms with E-state index in [1.807, 2.05) is 0 Å². The maximum atomic E-state index is 6.94. The van der Waals surface area contributed by atoms with Gasteiger partial charge in [0.1, 0.15) is 5.58 Å². The molecule has 1 aromatic heterocycles. The van der Waals surface area contributed by atoms with Gasteiger partial charge in [-0.3, -0.25) is 0 Å². The van der Waals surface area contributed by atoms with Crippen LogP contribution in [0, 0.1) is 0 Å². The van der Waals surface area contributed by atoms with Crippen LogP contribution in [0.15, 0.2) is 180 Å². The molecule has 2 nitrogen and oxygen atoms in total. The lowest BCUT2D eigenvalue weighted by atomic mass is 9.92. The zero-order valence-electron chi connectivity index (χ0n) is 26.1. The summed E-state index contributed by atoms with van der Waals surface area (Å²) >= 11 is 0. The van der Waals surface area contributed by atoms with Crippen LogP contribution in [0.3, 0.4) is 0 Å². The average Bonchev–Trinajstić information content (AvgIpc) is 3.55. The van der Waals surface area contributed by atoms with Gasteiger partial charge in [-0.2, -0.15) is 0 Å². The topological polar surface area (TPSA) is 16.4 Å². The molecule has 0 saturated heterocycles. The van der Waals surface area contributed by atoms with Crippen LogP contribution in [-0.4, -0.2) is 0 Å². The van der Waals surface area contributed by atoms with Crippen molar-refractivity contribution in [3.63, 3.8) is 0 Å². The molecule has 224 valence electrons. The smallest absolute Gasteiger partial charge is 0.159 e. The Kier molecular flexibility index (Phi) is 5.91. The molecule has 1 heterocycles. The van der Waals surface area contributed by atoms with Gasteiger partial charge in [0.05, 0.1) is 11.4 Å². The Hall–Kier alpha value is -6.38. The highest BCUT2D eigenvalue weighted by Crippen LogP contribution is 2.48. The molecule has 0 amide bonds. The summed E-state index contributed by atoms with van der Waals surface area (Å²) in [5, 5.41) is 11.9. The molecule has 0 aliphatic rings. The summed E-state index contributed by atoms with van der Waals surface area (Å²) in [6.45, 7) is 0. The summed E-state index contributed by atoms with van der Waals surface area (Å²) in [6.07, 6.45) is 0. The van der Waals surface area contributed by atoms with Crippen molar-refractivity contribution < 1.29 is 4.42 Å². The van der Waals surface area contributed by atoms with Gasteiger partial charge in [-0.1, -0.05) is 140 Å². The summed E-state index contributed by atoms with van der Waals surface area (Å²) in [6, 6.07) is 63.3. The lowest BCUT2D eigenvalue weighted by Gasteiger charge is -2.28. The number of para-hydroxylation sites is 2. The van der Waals surface area contributed by atoms with Gasteiger partial charge < -0.3 is 9.32 Å². The molecule has 0 fully saturated rings. The van der Waals surface area contributed by atoms with Crippen molar-refractivity contribution in [2.24, 2.45) is 0 Å². The first-order chi connectivity index (χ1) is 23.8. The van der Waals surface area contributed by atoms with Gasteiger partial charge in [0, 0.05) is 27.4 Å². The van der Waals surface area contributed by atoms with E-state index in [1.54, 1.807) is 0 Å². The van der Waals surface area contributed by atoms with Crippen LogP contribution in [-0.2, 0) is 0 Å². The molecule has 0 radical (unpaired) electrons. The minimum Gasteiger partial charge on any atom is -0.453 e. The van der Waals surface area contributed by atoms with Crippen LogP contribution < -0.4 is 4.90 Å². The highest BCUT2D eigenvalue weighted by atomic mass is 16.3. The summed E-state index contributed by atoms with van der Waals surface area (Å²) in [5.41, 5.74) is 7.31. The lowest BCUT2D eigenvalue weighted by Crippen LogP contribution is -2.11. The monoisotopic (exact) mass is 611 g/mol. The molecule has 10 rings (SSSR count). The predicted octanol–water partition coefficient (Wildman–Crippen LogP) is 13.3. The minimum absolute atomic E-state index is 0.871. The molecule has 10 aromatic rings. The Bertz CT molecular complexity index is 2860. The standard InChI is InChI=1S/C46H29NO/c1-2-14-32-28-34(26-24-30(32)12-1)47(44-23-11-21-40-41-27-25-31-13-3-6-17-36(31)45(41)48-46(40)44)43-22-10-9-20-39(43)42-29-33-15-4-5-16-35(33)37-18-7-8-19-38(37)42/h1-29H. The van der Waals surface area contributed by atoms with Crippen LogP contribution in [0.5, 0.6) is 0 Å². The molecule has 2 heteroatoms. The fourth-order valence-electron chi connectivity index (χ4n) is 7.58. The van der Waals surface area contributed by atoms with E-state index >= 15 is 0 Å². The molecule has 48 heavy (non-hydrogen) atoms. The number of anilines is 3. The summed E-state index contributed by atoms with van der Waals surface area (Å²) in [4.78, 5) is 2.39. The second kappa shape index (κ2) is 10.6. The molecule has 0 saturated carbocycles. The summed E-state index contributed by atoms with van der Waals surface area (Å²) in [5.74, 6) is 0. The predicted molar refractivity (Wildman–Crippen MR) is 204 cm³/mol. The summed E-state index contributed by atoms with van der Waals surface area (Å²) < 4.78 is 6.94. The van der Waals surface area contributed by atoms with Crippen molar-refractivity contribution in [3.05, 3.63) is 176 Å².